The molecule has 0 unspecified atom stereocenters. The number of fused-ring (bicyclic) bond motifs is 1. The number of aryl methyl sites for hydroxylation is 3. The number of halogens is 2. The van der Waals surface area contributed by atoms with E-state index in [9.17, 15) is 4.79 Å². The van der Waals surface area contributed by atoms with Gasteiger partial charge < -0.3 is 17.3 Å². The topological polar surface area (TPSA) is 29.1 Å². The van der Waals surface area contributed by atoms with Gasteiger partial charge in [-0.05, 0) is 49.2 Å². The molecule has 4 aromatic rings. The van der Waals surface area contributed by atoms with E-state index in [0.717, 1.165) is 42.9 Å². The Balaban J connectivity index is 0.00000289. The maximum Gasteiger partial charge on any atom is 0.271 e. The highest BCUT2D eigenvalue weighted by Crippen LogP contribution is 2.45. The third-order valence-corrected chi connectivity index (χ3v) is 9.45. The molecule has 1 aliphatic rings. The summed E-state index contributed by atoms with van der Waals surface area (Å²) in [4.78, 5) is 16.8. The molecule has 5 rings (SSSR count). The number of aromatic nitrogens is 2. The van der Waals surface area contributed by atoms with Crippen molar-refractivity contribution in [3.8, 4) is 0 Å². The lowest BCUT2D eigenvalue weighted by atomic mass is 10.1. The van der Waals surface area contributed by atoms with Crippen LogP contribution >= 0.6 is 46.0 Å². The first-order valence-corrected chi connectivity index (χ1v) is 14.0. The van der Waals surface area contributed by atoms with E-state index in [1.165, 1.54) is 16.0 Å². The van der Waals surface area contributed by atoms with Crippen LogP contribution in [0.3, 0.4) is 0 Å². The highest BCUT2D eigenvalue weighted by Gasteiger charge is 2.25. The quantitative estimate of drug-likeness (QED) is 0.347. The molecule has 0 spiro atoms. The normalized spacial score (nSPS) is 14.9. The molecule has 1 aliphatic heterocycles. The van der Waals surface area contributed by atoms with E-state index in [1.807, 2.05) is 36.7 Å². The molecule has 35 heavy (non-hydrogen) atoms. The van der Waals surface area contributed by atoms with E-state index in [-0.39, 0.29) is 18.0 Å². The molecular weight excluding hydrogens is 537 g/mol. The van der Waals surface area contributed by atoms with E-state index >= 15 is 0 Å². The van der Waals surface area contributed by atoms with Crippen molar-refractivity contribution in [3.05, 3.63) is 94.7 Å². The molecule has 0 bridgehead atoms. The molecule has 0 aliphatic carbocycles. The summed E-state index contributed by atoms with van der Waals surface area (Å²) in [7, 11) is 2.05. The van der Waals surface area contributed by atoms with Gasteiger partial charge >= 0.3 is 0 Å². The average Bonchev–Trinajstić information content (AvgIpc) is 3.48. The number of rotatable bonds is 5. The Bertz CT molecular complexity index is 1550. The Kier molecular flexibility index (Phi) is 8.13. The van der Waals surface area contributed by atoms with E-state index in [2.05, 4.69) is 58.3 Å². The van der Waals surface area contributed by atoms with Crippen LogP contribution in [0.15, 0.2) is 63.7 Å². The van der Waals surface area contributed by atoms with E-state index < -0.39 is 0 Å². The molecular formula is C26H25Cl2N3OS3. The molecule has 2 aromatic heterocycles. The zero-order valence-electron chi connectivity index (χ0n) is 19.6. The fourth-order valence-corrected chi connectivity index (χ4v) is 7.75. The first-order chi connectivity index (χ1) is 16.4. The van der Waals surface area contributed by atoms with Crippen LogP contribution in [0.25, 0.3) is 11.1 Å². The summed E-state index contributed by atoms with van der Waals surface area (Å²) in [5.41, 5.74) is 3.68. The molecule has 3 heterocycles. The second-order valence-electron chi connectivity index (χ2n) is 8.22. The minimum Gasteiger partial charge on any atom is -1.00 e. The maximum atomic E-state index is 13.4. The zero-order chi connectivity index (χ0) is 23.8. The number of anilines is 1. The lowest BCUT2D eigenvalue weighted by molar-refractivity contribution is -0.693. The van der Waals surface area contributed by atoms with E-state index in [0.29, 0.717) is 6.54 Å². The SMILES string of the molecule is CCn1c(=O)/c(=C2\Sc3cc(C)ccc3N2C)s/c1=C\c1scc[n+]1CCc1cccc(Cl)c1.[Cl-]. The van der Waals surface area contributed by atoms with Crippen LogP contribution in [0, 0.1) is 6.92 Å². The summed E-state index contributed by atoms with van der Waals surface area (Å²) < 4.78 is 5.92. The molecule has 9 heteroatoms. The maximum absolute atomic E-state index is 13.4. The van der Waals surface area contributed by atoms with E-state index in [4.69, 9.17) is 11.6 Å². The predicted molar refractivity (Wildman–Crippen MR) is 146 cm³/mol. The van der Waals surface area contributed by atoms with Gasteiger partial charge in [0.05, 0.1) is 17.1 Å². The molecule has 0 saturated heterocycles. The summed E-state index contributed by atoms with van der Waals surface area (Å²) in [5, 5.41) is 5.01. The second kappa shape index (κ2) is 10.9. The summed E-state index contributed by atoms with van der Waals surface area (Å²) in [5.74, 6) is 0. The number of hydrogen-bond donors (Lipinski definition) is 0. The minimum atomic E-state index is 0. The Morgan fingerprint density at radius 2 is 2.00 bits per heavy atom. The average molecular weight is 563 g/mol. The fraction of sp³-hybridized carbons (Fsp3) is 0.231. The van der Waals surface area contributed by atoms with Crippen molar-refractivity contribution in [1.29, 1.82) is 0 Å². The number of hydrogen-bond acceptors (Lipinski definition) is 5. The number of thioether (sulfide) groups is 1. The van der Waals surface area contributed by atoms with Gasteiger partial charge in [-0.3, -0.25) is 9.36 Å². The second-order valence-corrected chi connectivity index (χ2v) is 11.6. The molecule has 0 amide bonds. The van der Waals surface area contributed by atoms with Crippen LogP contribution in [-0.2, 0) is 19.5 Å². The van der Waals surface area contributed by atoms with Gasteiger partial charge in [-0.25, -0.2) is 0 Å². The molecule has 4 nitrogen and oxygen atoms in total. The minimum absolute atomic E-state index is 0. The number of thiazole rings is 2. The molecule has 0 N–H and O–H groups in total. The van der Waals surface area contributed by atoms with Crippen LogP contribution in [0.5, 0.6) is 0 Å². The van der Waals surface area contributed by atoms with Crippen LogP contribution in [0.4, 0.5) is 5.69 Å². The van der Waals surface area contributed by atoms with Gasteiger partial charge in [-0.1, -0.05) is 52.9 Å². The summed E-state index contributed by atoms with van der Waals surface area (Å²) in [6, 6.07) is 14.5. The first-order valence-electron chi connectivity index (χ1n) is 11.1. The first kappa shape index (κ1) is 26.0. The highest BCUT2D eigenvalue weighted by atomic mass is 35.5. The molecule has 0 saturated carbocycles. The fourth-order valence-electron chi connectivity index (χ4n) is 4.09. The Morgan fingerprint density at radius 3 is 2.77 bits per heavy atom. The van der Waals surface area contributed by atoms with Crippen molar-refractivity contribution in [3.63, 3.8) is 0 Å². The zero-order valence-corrected chi connectivity index (χ0v) is 23.6. The van der Waals surface area contributed by atoms with Gasteiger partial charge in [0.25, 0.3) is 10.6 Å². The lowest BCUT2D eigenvalue weighted by Crippen LogP contribution is -3.00. The Hall–Kier alpha value is -2.03. The molecule has 0 radical (unpaired) electrons. The molecule has 182 valence electrons. The number of nitrogens with zero attached hydrogens (tertiary/aromatic N) is 3. The monoisotopic (exact) mass is 561 g/mol. The number of benzene rings is 2. The van der Waals surface area contributed by atoms with Crippen LogP contribution in [-0.4, -0.2) is 11.6 Å². The van der Waals surface area contributed by atoms with Gasteiger partial charge in [0, 0.05) is 29.9 Å². The van der Waals surface area contributed by atoms with Crippen molar-refractivity contribution in [1.82, 2.24) is 4.57 Å². The Labute approximate surface area is 228 Å². The van der Waals surface area contributed by atoms with Gasteiger partial charge in [-0.15, -0.1) is 11.3 Å². The van der Waals surface area contributed by atoms with Crippen molar-refractivity contribution in [2.75, 3.05) is 11.9 Å². The summed E-state index contributed by atoms with van der Waals surface area (Å²) in [6.45, 7) is 5.63. The van der Waals surface area contributed by atoms with Gasteiger partial charge in [-0.2, -0.15) is 4.57 Å². The van der Waals surface area contributed by atoms with Crippen LogP contribution in [0.1, 0.15) is 23.1 Å². The van der Waals surface area contributed by atoms with Gasteiger partial charge in [0.15, 0.2) is 12.7 Å². The largest absolute Gasteiger partial charge is 1.00 e. The predicted octanol–water partition coefficient (Wildman–Crippen LogP) is 1.62. The van der Waals surface area contributed by atoms with Crippen molar-refractivity contribution in [2.45, 2.75) is 38.3 Å². The van der Waals surface area contributed by atoms with E-state index in [1.54, 1.807) is 34.4 Å². The van der Waals surface area contributed by atoms with Gasteiger partial charge in [0.2, 0.25) is 0 Å². The van der Waals surface area contributed by atoms with Crippen LogP contribution < -0.4 is 36.6 Å². The standard InChI is InChI=1S/C26H25ClN3OS3.ClH/c1-4-30-23(16-22-29(12-13-32-22)11-10-18-6-5-7-19(27)15-18)34-24(25(30)31)26-28(3)20-9-8-17(2)14-21(20)33-26;/h5-9,12-16H,4,10-11H2,1-3H3;1H/q+1;/p-1/b26-24+;. The third-order valence-electron chi connectivity index (χ3n) is 5.90. The molecule has 0 fully saturated rings. The summed E-state index contributed by atoms with van der Waals surface area (Å²) in [6.07, 6.45) is 5.16. The Morgan fingerprint density at radius 1 is 1.17 bits per heavy atom. The third kappa shape index (κ3) is 5.25. The van der Waals surface area contributed by atoms with Crippen molar-refractivity contribution < 1.29 is 17.0 Å². The molecule has 2 aromatic carbocycles. The van der Waals surface area contributed by atoms with Crippen LogP contribution in [0.2, 0.25) is 5.02 Å². The van der Waals surface area contributed by atoms with Crippen molar-refractivity contribution in [2.24, 2.45) is 0 Å². The summed E-state index contributed by atoms with van der Waals surface area (Å²) >= 11 is 11.1. The molecule has 0 atom stereocenters. The van der Waals surface area contributed by atoms with Crippen molar-refractivity contribution >= 4 is 62.8 Å². The highest BCUT2D eigenvalue weighted by molar-refractivity contribution is 8.08. The van der Waals surface area contributed by atoms with Gasteiger partial charge in [0.1, 0.15) is 14.2 Å². The lowest BCUT2D eigenvalue weighted by Gasteiger charge is -2.12. The smallest absolute Gasteiger partial charge is 0.271 e.